The minimum Gasteiger partial charge on any atom is -0.489 e. The fraction of sp³-hybridized carbons (Fsp3) is 0.278. The molecular weight excluding hydrogens is 280 g/mol. The van der Waals surface area contributed by atoms with Gasteiger partial charge in [-0.25, -0.2) is 4.79 Å². The van der Waals surface area contributed by atoms with Gasteiger partial charge in [-0.15, -0.1) is 0 Å². The third kappa shape index (κ3) is 3.65. The molecule has 0 heterocycles. The third-order valence-electron chi connectivity index (χ3n) is 3.49. The summed E-state index contributed by atoms with van der Waals surface area (Å²) in [5, 5.41) is 10.0. The van der Waals surface area contributed by atoms with Gasteiger partial charge in [0.2, 0.25) is 0 Å². The molecule has 0 bridgehead atoms. The van der Waals surface area contributed by atoms with E-state index in [1.807, 2.05) is 44.2 Å². The smallest absolute Gasteiger partial charge is 0.339 e. The van der Waals surface area contributed by atoms with Crippen molar-refractivity contribution in [3.05, 3.63) is 64.7 Å². The van der Waals surface area contributed by atoms with Crippen molar-refractivity contribution in [3.8, 4) is 5.75 Å². The first-order valence-corrected chi connectivity index (χ1v) is 7.06. The van der Waals surface area contributed by atoms with E-state index in [2.05, 4.69) is 4.74 Å². The Morgan fingerprint density at radius 1 is 1.18 bits per heavy atom. The quantitative estimate of drug-likeness (QED) is 0.862. The summed E-state index contributed by atoms with van der Waals surface area (Å²) in [7, 11) is 1.25. The lowest BCUT2D eigenvalue weighted by Gasteiger charge is -2.15. The van der Waals surface area contributed by atoms with E-state index in [4.69, 9.17) is 4.74 Å². The van der Waals surface area contributed by atoms with Crippen molar-refractivity contribution in [1.29, 1.82) is 0 Å². The highest BCUT2D eigenvalue weighted by molar-refractivity contribution is 5.76. The van der Waals surface area contributed by atoms with Crippen molar-refractivity contribution in [2.24, 2.45) is 0 Å². The number of benzene rings is 2. The lowest BCUT2D eigenvalue weighted by molar-refractivity contribution is -0.150. The summed E-state index contributed by atoms with van der Waals surface area (Å²) < 4.78 is 10.4. The zero-order valence-corrected chi connectivity index (χ0v) is 13.0. The van der Waals surface area contributed by atoms with Gasteiger partial charge in [0.1, 0.15) is 12.4 Å². The predicted octanol–water partition coefficient (Wildman–Crippen LogP) is 3.09. The topological polar surface area (TPSA) is 55.8 Å². The van der Waals surface area contributed by atoms with E-state index in [0.29, 0.717) is 5.56 Å². The van der Waals surface area contributed by atoms with Crippen LogP contribution < -0.4 is 4.74 Å². The largest absolute Gasteiger partial charge is 0.489 e. The molecule has 0 aliphatic heterocycles. The average molecular weight is 300 g/mol. The zero-order valence-electron chi connectivity index (χ0n) is 13.0. The number of aliphatic hydroxyl groups excluding tert-OH is 1. The molecule has 2 aromatic carbocycles. The number of carbonyl (C=O) groups is 1. The van der Waals surface area contributed by atoms with Crippen LogP contribution in [0.4, 0.5) is 0 Å². The van der Waals surface area contributed by atoms with Crippen LogP contribution >= 0.6 is 0 Å². The van der Waals surface area contributed by atoms with Crippen LogP contribution in [-0.4, -0.2) is 18.2 Å². The van der Waals surface area contributed by atoms with E-state index in [0.717, 1.165) is 16.9 Å². The van der Waals surface area contributed by atoms with Gasteiger partial charge in [0, 0.05) is 0 Å². The van der Waals surface area contributed by atoms with Gasteiger partial charge in [0.05, 0.1) is 7.11 Å². The van der Waals surface area contributed by atoms with Crippen molar-refractivity contribution in [3.63, 3.8) is 0 Å². The van der Waals surface area contributed by atoms with E-state index in [1.54, 1.807) is 12.1 Å². The van der Waals surface area contributed by atoms with Gasteiger partial charge in [-0.3, -0.25) is 0 Å². The minimum absolute atomic E-state index is 0.272. The van der Waals surface area contributed by atoms with Gasteiger partial charge < -0.3 is 14.6 Å². The Labute approximate surface area is 130 Å². The molecule has 1 unspecified atom stereocenters. The van der Waals surface area contributed by atoms with Crippen LogP contribution in [-0.2, 0) is 16.1 Å². The molecule has 1 N–H and O–H groups in total. The van der Waals surface area contributed by atoms with Crippen molar-refractivity contribution in [1.82, 2.24) is 0 Å². The van der Waals surface area contributed by atoms with Gasteiger partial charge in [0.25, 0.3) is 0 Å². The minimum atomic E-state index is -1.30. The summed E-state index contributed by atoms with van der Waals surface area (Å²) in [5.74, 6) is 0.104. The van der Waals surface area contributed by atoms with Crippen LogP contribution in [0.15, 0.2) is 42.5 Å². The van der Waals surface area contributed by atoms with Gasteiger partial charge >= 0.3 is 5.97 Å². The average Bonchev–Trinajstić information content (AvgIpc) is 2.53. The van der Waals surface area contributed by atoms with Crippen LogP contribution in [0.5, 0.6) is 5.75 Å². The molecule has 4 heteroatoms. The number of aryl methyl sites for hydroxylation is 2. The second-order valence-corrected chi connectivity index (χ2v) is 5.18. The molecule has 0 aromatic heterocycles. The third-order valence-corrected chi connectivity index (χ3v) is 3.49. The van der Waals surface area contributed by atoms with Crippen molar-refractivity contribution in [2.45, 2.75) is 26.6 Å². The maximum atomic E-state index is 11.5. The van der Waals surface area contributed by atoms with E-state index in [-0.39, 0.29) is 6.61 Å². The van der Waals surface area contributed by atoms with Gasteiger partial charge in [-0.2, -0.15) is 0 Å². The summed E-state index contributed by atoms with van der Waals surface area (Å²) in [4.78, 5) is 11.5. The van der Waals surface area contributed by atoms with Crippen LogP contribution in [0, 0.1) is 13.8 Å². The fourth-order valence-corrected chi connectivity index (χ4v) is 2.29. The standard InChI is InChI=1S/C18H20O4/c1-12-8-9-16(13(2)10-12)22-11-14-6-4-5-7-15(14)17(19)18(20)21-3/h4-10,17,19H,11H2,1-3H3. The van der Waals surface area contributed by atoms with Crippen LogP contribution in [0.25, 0.3) is 0 Å². The molecule has 0 saturated carbocycles. The molecule has 0 amide bonds. The number of ether oxygens (including phenoxy) is 2. The molecule has 0 saturated heterocycles. The molecule has 22 heavy (non-hydrogen) atoms. The molecule has 0 aliphatic rings. The maximum Gasteiger partial charge on any atom is 0.339 e. The van der Waals surface area contributed by atoms with E-state index in [1.165, 1.54) is 12.7 Å². The van der Waals surface area contributed by atoms with Crippen molar-refractivity contribution >= 4 is 5.97 Å². The Bertz CT molecular complexity index is 664. The van der Waals surface area contributed by atoms with Gasteiger partial charge in [0.15, 0.2) is 6.10 Å². The number of aliphatic hydroxyl groups is 1. The lowest BCUT2D eigenvalue weighted by atomic mass is 10.0. The molecule has 116 valence electrons. The molecule has 2 aromatic rings. The summed E-state index contributed by atoms with van der Waals surface area (Å²) in [5.41, 5.74) is 3.47. The number of hydrogen-bond donors (Lipinski definition) is 1. The Morgan fingerprint density at radius 2 is 1.91 bits per heavy atom. The van der Waals surface area contributed by atoms with Crippen LogP contribution in [0.3, 0.4) is 0 Å². The molecule has 1 atom stereocenters. The Hall–Kier alpha value is -2.33. The van der Waals surface area contributed by atoms with Gasteiger partial charge in [-0.1, -0.05) is 42.0 Å². The molecule has 0 aliphatic carbocycles. The Morgan fingerprint density at radius 3 is 2.59 bits per heavy atom. The van der Waals surface area contributed by atoms with Gasteiger partial charge in [-0.05, 0) is 36.6 Å². The number of hydrogen-bond acceptors (Lipinski definition) is 4. The number of esters is 1. The first-order valence-electron chi connectivity index (χ1n) is 7.06. The first-order chi connectivity index (χ1) is 10.5. The highest BCUT2D eigenvalue weighted by Crippen LogP contribution is 2.23. The SMILES string of the molecule is COC(=O)C(O)c1ccccc1COc1ccc(C)cc1C. The monoisotopic (exact) mass is 300 g/mol. The van der Waals surface area contributed by atoms with E-state index >= 15 is 0 Å². The van der Waals surface area contributed by atoms with E-state index in [9.17, 15) is 9.90 Å². The number of methoxy groups -OCH3 is 1. The molecule has 0 spiro atoms. The van der Waals surface area contributed by atoms with Crippen molar-refractivity contribution < 1.29 is 19.4 Å². The number of rotatable bonds is 5. The zero-order chi connectivity index (χ0) is 16.1. The fourth-order valence-electron chi connectivity index (χ4n) is 2.29. The van der Waals surface area contributed by atoms with E-state index < -0.39 is 12.1 Å². The van der Waals surface area contributed by atoms with Crippen LogP contribution in [0.2, 0.25) is 0 Å². The van der Waals surface area contributed by atoms with Crippen LogP contribution in [0.1, 0.15) is 28.4 Å². The Kier molecular flexibility index (Phi) is 5.17. The second-order valence-electron chi connectivity index (χ2n) is 5.18. The Balaban J connectivity index is 2.18. The highest BCUT2D eigenvalue weighted by Gasteiger charge is 2.20. The predicted molar refractivity (Wildman–Crippen MR) is 83.7 cm³/mol. The summed E-state index contributed by atoms with van der Waals surface area (Å²) in [6.45, 7) is 4.28. The normalized spacial score (nSPS) is 11.8. The summed E-state index contributed by atoms with van der Waals surface area (Å²) >= 11 is 0. The maximum absolute atomic E-state index is 11.5. The highest BCUT2D eigenvalue weighted by atomic mass is 16.5. The number of carbonyl (C=O) groups excluding carboxylic acids is 1. The second kappa shape index (κ2) is 7.09. The molecular formula is C18H20O4. The molecule has 4 nitrogen and oxygen atoms in total. The molecule has 0 fully saturated rings. The summed E-state index contributed by atoms with van der Waals surface area (Å²) in [6, 6.07) is 13.1. The lowest BCUT2D eigenvalue weighted by Crippen LogP contribution is -2.16. The van der Waals surface area contributed by atoms with Crippen molar-refractivity contribution in [2.75, 3.05) is 7.11 Å². The molecule has 0 radical (unpaired) electrons. The first kappa shape index (κ1) is 16.0. The summed E-state index contributed by atoms with van der Waals surface area (Å²) in [6.07, 6.45) is -1.30. The molecule has 2 rings (SSSR count).